The van der Waals surface area contributed by atoms with Crippen molar-refractivity contribution in [3.05, 3.63) is 42.6 Å². The average molecular weight is 235 g/mol. The molecule has 1 spiro atoms. The second-order valence-electron chi connectivity index (χ2n) is 4.83. The summed E-state index contributed by atoms with van der Waals surface area (Å²) in [6.07, 6.45) is 3.29. The molecule has 91 valence electrons. The molecule has 1 aliphatic carbocycles. The van der Waals surface area contributed by atoms with E-state index in [1.54, 1.807) is 12.1 Å². The van der Waals surface area contributed by atoms with Crippen molar-refractivity contribution in [2.75, 3.05) is 0 Å². The predicted octanol–water partition coefficient (Wildman–Crippen LogP) is 3.39. The predicted molar refractivity (Wildman–Crippen MR) is 61.7 cm³/mol. The maximum atomic E-state index is 13.7. The Kier molecular flexibility index (Phi) is 2.68. The molecule has 0 amide bonds. The Morgan fingerprint density at radius 3 is 2.59 bits per heavy atom. The van der Waals surface area contributed by atoms with Gasteiger partial charge in [-0.05, 0) is 25.8 Å². The molecule has 0 unspecified atom stereocenters. The lowest BCUT2D eigenvalue weighted by molar-refractivity contribution is -0.167. The molecule has 2 aliphatic rings. The lowest BCUT2D eigenvalue weighted by atomic mass is 10.1. The van der Waals surface area contributed by atoms with Crippen molar-refractivity contribution in [3.8, 4) is 0 Å². The Morgan fingerprint density at radius 1 is 1.18 bits per heavy atom. The zero-order valence-electron chi connectivity index (χ0n) is 9.69. The molecule has 1 aromatic rings. The Hall–Kier alpha value is -0.930. The van der Waals surface area contributed by atoms with E-state index >= 15 is 0 Å². The van der Waals surface area contributed by atoms with Crippen LogP contribution in [0, 0.1) is 12.7 Å². The van der Waals surface area contributed by atoms with Crippen LogP contribution in [0.4, 0.5) is 4.39 Å². The summed E-state index contributed by atoms with van der Waals surface area (Å²) >= 11 is 0. The SMILES string of the molecule is [CH2][C@H]1OC2(CCCC2)O[C@@H]1c1ccccc1F. The Balaban J connectivity index is 1.87. The van der Waals surface area contributed by atoms with Gasteiger partial charge in [0.2, 0.25) is 0 Å². The van der Waals surface area contributed by atoms with Crippen molar-refractivity contribution in [2.24, 2.45) is 0 Å². The third-order valence-electron chi connectivity index (χ3n) is 3.62. The molecule has 3 rings (SSSR count). The number of hydrogen-bond donors (Lipinski definition) is 0. The van der Waals surface area contributed by atoms with Crippen LogP contribution in [0.3, 0.4) is 0 Å². The number of rotatable bonds is 1. The summed E-state index contributed by atoms with van der Waals surface area (Å²) in [6.45, 7) is 3.94. The van der Waals surface area contributed by atoms with Crippen LogP contribution in [0.2, 0.25) is 0 Å². The van der Waals surface area contributed by atoms with Crippen molar-refractivity contribution in [3.63, 3.8) is 0 Å². The first kappa shape index (κ1) is 11.2. The zero-order valence-corrected chi connectivity index (χ0v) is 9.69. The quantitative estimate of drug-likeness (QED) is 0.742. The van der Waals surface area contributed by atoms with Gasteiger partial charge in [0.05, 0.1) is 6.10 Å². The second-order valence-corrected chi connectivity index (χ2v) is 4.83. The normalized spacial score (nSPS) is 31.2. The van der Waals surface area contributed by atoms with Crippen LogP contribution in [0.25, 0.3) is 0 Å². The molecular formula is C14H16FO2. The summed E-state index contributed by atoms with van der Waals surface area (Å²) in [4.78, 5) is 0. The van der Waals surface area contributed by atoms with Gasteiger partial charge in [0.25, 0.3) is 0 Å². The van der Waals surface area contributed by atoms with Gasteiger partial charge in [-0.25, -0.2) is 4.39 Å². The summed E-state index contributed by atoms with van der Waals surface area (Å²) in [7, 11) is 0. The Labute approximate surface area is 101 Å². The number of benzene rings is 1. The fourth-order valence-corrected chi connectivity index (χ4v) is 2.79. The minimum Gasteiger partial charge on any atom is -0.344 e. The minimum absolute atomic E-state index is 0.246. The fourth-order valence-electron chi connectivity index (χ4n) is 2.79. The van der Waals surface area contributed by atoms with Gasteiger partial charge in [0.15, 0.2) is 5.79 Å². The highest BCUT2D eigenvalue weighted by molar-refractivity contribution is 5.22. The summed E-state index contributed by atoms with van der Waals surface area (Å²) in [5.41, 5.74) is 0.552. The topological polar surface area (TPSA) is 18.5 Å². The average Bonchev–Trinajstić information content (AvgIpc) is 2.88. The largest absolute Gasteiger partial charge is 0.344 e. The van der Waals surface area contributed by atoms with E-state index in [9.17, 15) is 4.39 Å². The van der Waals surface area contributed by atoms with Crippen molar-refractivity contribution in [2.45, 2.75) is 43.7 Å². The van der Waals surface area contributed by atoms with Gasteiger partial charge in [0, 0.05) is 18.4 Å². The third-order valence-corrected chi connectivity index (χ3v) is 3.62. The maximum absolute atomic E-state index is 13.7. The maximum Gasteiger partial charge on any atom is 0.169 e. The van der Waals surface area contributed by atoms with E-state index < -0.39 is 5.79 Å². The highest BCUT2D eigenvalue weighted by Gasteiger charge is 2.48. The summed E-state index contributed by atoms with van der Waals surface area (Å²) < 4.78 is 25.5. The van der Waals surface area contributed by atoms with E-state index in [2.05, 4.69) is 6.92 Å². The highest BCUT2D eigenvalue weighted by atomic mass is 19.1. The minimum atomic E-state index is -0.501. The smallest absolute Gasteiger partial charge is 0.169 e. The first-order valence-electron chi connectivity index (χ1n) is 6.13. The molecule has 1 aromatic carbocycles. The van der Waals surface area contributed by atoms with Gasteiger partial charge in [-0.2, -0.15) is 0 Å². The van der Waals surface area contributed by atoms with Crippen LogP contribution in [0.15, 0.2) is 24.3 Å². The first-order chi connectivity index (χ1) is 8.20. The highest BCUT2D eigenvalue weighted by Crippen LogP contribution is 2.47. The Morgan fingerprint density at radius 2 is 1.88 bits per heavy atom. The standard InChI is InChI=1S/C14H16FO2/c1-10-13(11-6-2-3-7-12(11)15)17-14(16-10)8-4-5-9-14/h2-3,6-7,10,13H,1,4-5,8-9H2/t10-,13+/m1/s1. The number of ether oxygens (including phenoxy) is 2. The van der Waals surface area contributed by atoms with E-state index in [0.29, 0.717) is 5.56 Å². The summed E-state index contributed by atoms with van der Waals surface area (Å²) in [6, 6.07) is 6.69. The van der Waals surface area contributed by atoms with E-state index in [4.69, 9.17) is 9.47 Å². The van der Waals surface area contributed by atoms with Crippen LogP contribution in [0.5, 0.6) is 0 Å². The number of halogens is 1. The third kappa shape index (κ3) is 1.87. The molecule has 3 heteroatoms. The van der Waals surface area contributed by atoms with Crippen LogP contribution in [-0.2, 0) is 9.47 Å². The Bertz CT molecular complexity index is 412. The molecule has 0 bridgehead atoms. The van der Waals surface area contributed by atoms with Crippen LogP contribution in [-0.4, -0.2) is 11.9 Å². The van der Waals surface area contributed by atoms with Crippen molar-refractivity contribution >= 4 is 0 Å². The molecule has 1 saturated carbocycles. The molecule has 1 radical (unpaired) electrons. The van der Waals surface area contributed by atoms with Crippen LogP contribution >= 0.6 is 0 Å². The summed E-state index contributed by atoms with van der Waals surface area (Å²) in [5.74, 6) is -0.746. The second kappa shape index (κ2) is 4.07. The zero-order chi connectivity index (χ0) is 11.9. The van der Waals surface area contributed by atoms with Gasteiger partial charge in [-0.1, -0.05) is 18.2 Å². The molecular weight excluding hydrogens is 219 g/mol. The summed E-state index contributed by atoms with van der Waals surface area (Å²) in [5, 5.41) is 0. The molecule has 2 fully saturated rings. The van der Waals surface area contributed by atoms with E-state index in [-0.39, 0.29) is 18.0 Å². The van der Waals surface area contributed by atoms with Gasteiger partial charge in [0.1, 0.15) is 11.9 Å². The lowest BCUT2D eigenvalue weighted by Gasteiger charge is -2.22. The lowest BCUT2D eigenvalue weighted by Crippen LogP contribution is -2.26. The molecule has 2 atom stereocenters. The molecule has 0 N–H and O–H groups in total. The molecule has 1 heterocycles. The van der Waals surface area contributed by atoms with E-state index in [0.717, 1.165) is 25.7 Å². The van der Waals surface area contributed by atoms with Crippen molar-refractivity contribution in [1.82, 2.24) is 0 Å². The van der Waals surface area contributed by atoms with Crippen molar-refractivity contribution in [1.29, 1.82) is 0 Å². The van der Waals surface area contributed by atoms with E-state index in [1.807, 2.05) is 6.07 Å². The molecule has 1 saturated heterocycles. The number of hydrogen-bond acceptors (Lipinski definition) is 2. The molecule has 0 aromatic heterocycles. The van der Waals surface area contributed by atoms with Crippen LogP contribution in [0.1, 0.15) is 37.4 Å². The van der Waals surface area contributed by atoms with Gasteiger partial charge >= 0.3 is 0 Å². The first-order valence-corrected chi connectivity index (χ1v) is 6.13. The molecule has 2 nitrogen and oxygen atoms in total. The van der Waals surface area contributed by atoms with Gasteiger partial charge in [-0.15, -0.1) is 0 Å². The van der Waals surface area contributed by atoms with E-state index in [1.165, 1.54) is 6.07 Å². The van der Waals surface area contributed by atoms with Gasteiger partial charge < -0.3 is 9.47 Å². The van der Waals surface area contributed by atoms with Crippen molar-refractivity contribution < 1.29 is 13.9 Å². The van der Waals surface area contributed by atoms with Crippen LogP contribution < -0.4 is 0 Å². The fraction of sp³-hybridized carbons (Fsp3) is 0.500. The molecule has 17 heavy (non-hydrogen) atoms. The monoisotopic (exact) mass is 235 g/mol. The van der Waals surface area contributed by atoms with Gasteiger partial charge in [-0.3, -0.25) is 0 Å². The molecule has 1 aliphatic heterocycles.